The Bertz CT molecular complexity index is 580. The van der Waals surface area contributed by atoms with Crippen LogP contribution in [0, 0.1) is 0 Å². The minimum atomic E-state index is -0.0703. The van der Waals surface area contributed by atoms with Gasteiger partial charge in [-0.3, -0.25) is 4.79 Å². The normalized spacial score (nSPS) is 12.1. The summed E-state index contributed by atoms with van der Waals surface area (Å²) in [6.07, 6.45) is 2.05. The zero-order valence-electron chi connectivity index (χ0n) is 12.1. The first-order valence-electron chi connectivity index (χ1n) is 7.10. The molecule has 0 aliphatic heterocycles. The van der Waals surface area contributed by atoms with Gasteiger partial charge in [0.25, 0.3) is 5.91 Å². The molecular formula is C17H21NO2. The molecule has 1 amide bonds. The molecule has 0 saturated carbocycles. The van der Waals surface area contributed by atoms with Crippen molar-refractivity contribution in [1.29, 1.82) is 0 Å². The second-order valence-electron chi connectivity index (χ2n) is 5.05. The lowest BCUT2D eigenvalue weighted by molar-refractivity contribution is -0.123. The minimum absolute atomic E-state index is 0.0619. The van der Waals surface area contributed by atoms with Gasteiger partial charge in [-0.05, 0) is 36.2 Å². The first-order chi connectivity index (χ1) is 9.69. The molecule has 0 fully saturated rings. The number of nitrogens with one attached hydrogen (secondary N) is 1. The standard InChI is InChI=1S/C17H21NO2/c1-3-6-13(2)18-17(19)12-20-16-10-9-14-7-4-5-8-15(14)11-16/h4-5,7-11,13H,3,6,12H2,1-2H3,(H,18,19)/t13-/m0/s1. The fourth-order valence-electron chi connectivity index (χ4n) is 2.23. The summed E-state index contributed by atoms with van der Waals surface area (Å²) in [7, 11) is 0. The van der Waals surface area contributed by atoms with Gasteiger partial charge < -0.3 is 10.1 Å². The van der Waals surface area contributed by atoms with E-state index in [1.807, 2.05) is 43.3 Å². The molecule has 2 aromatic rings. The Morgan fingerprint density at radius 3 is 2.70 bits per heavy atom. The maximum atomic E-state index is 11.7. The van der Waals surface area contributed by atoms with Crippen LogP contribution in [-0.2, 0) is 4.79 Å². The Morgan fingerprint density at radius 1 is 1.20 bits per heavy atom. The maximum Gasteiger partial charge on any atom is 0.258 e. The molecule has 0 aromatic heterocycles. The number of rotatable bonds is 6. The highest BCUT2D eigenvalue weighted by molar-refractivity contribution is 5.84. The van der Waals surface area contributed by atoms with Gasteiger partial charge in [-0.15, -0.1) is 0 Å². The third kappa shape index (κ3) is 3.98. The SMILES string of the molecule is CCC[C@H](C)NC(=O)COc1ccc2ccccc2c1. The van der Waals surface area contributed by atoms with E-state index in [1.165, 1.54) is 5.39 Å². The lowest BCUT2D eigenvalue weighted by atomic mass is 10.1. The third-order valence-electron chi connectivity index (χ3n) is 3.22. The monoisotopic (exact) mass is 271 g/mol. The van der Waals surface area contributed by atoms with Gasteiger partial charge in [0, 0.05) is 6.04 Å². The molecule has 0 aliphatic rings. The molecule has 0 radical (unpaired) electrons. The highest BCUT2D eigenvalue weighted by Gasteiger charge is 2.07. The quantitative estimate of drug-likeness (QED) is 0.873. The van der Waals surface area contributed by atoms with E-state index >= 15 is 0 Å². The van der Waals surface area contributed by atoms with Crippen LogP contribution in [0.15, 0.2) is 42.5 Å². The number of hydrogen-bond acceptors (Lipinski definition) is 2. The number of amides is 1. The molecule has 2 aromatic carbocycles. The van der Waals surface area contributed by atoms with Gasteiger partial charge in [0.15, 0.2) is 6.61 Å². The molecule has 1 N–H and O–H groups in total. The molecule has 0 heterocycles. The van der Waals surface area contributed by atoms with Crippen LogP contribution in [0.4, 0.5) is 0 Å². The van der Waals surface area contributed by atoms with Gasteiger partial charge in [-0.1, -0.05) is 43.7 Å². The number of ether oxygens (including phenoxy) is 1. The van der Waals surface area contributed by atoms with Crippen LogP contribution >= 0.6 is 0 Å². The highest BCUT2D eigenvalue weighted by atomic mass is 16.5. The Morgan fingerprint density at radius 2 is 1.95 bits per heavy atom. The lowest BCUT2D eigenvalue weighted by Crippen LogP contribution is -2.35. The summed E-state index contributed by atoms with van der Waals surface area (Å²) in [4.78, 5) is 11.7. The van der Waals surface area contributed by atoms with Gasteiger partial charge in [-0.25, -0.2) is 0 Å². The number of carbonyl (C=O) groups excluding carboxylic acids is 1. The predicted molar refractivity (Wildman–Crippen MR) is 82.0 cm³/mol. The lowest BCUT2D eigenvalue weighted by Gasteiger charge is -2.13. The average Bonchev–Trinajstić information content (AvgIpc) is 2.45. The van der Waals surface area contributed by atoms with E-state index in [0.29, 0.717) is 0 Å². The molecule has 0 spiro atoms. The smallest absolute Gasteiger partial charge is 0.258 e. The van der Waals surface area contributed by atoms with Gasteiger partial charge in [0.1, 0.15) is 5.75 Å². The summed E-state index contributed by atoms with van der Waals surface area (Å²) in [6.45, 7) is 4.18. The molecule has 1 atom stereocenters. The summed E-state index contributed by atoms with van der Waals surface area (Å²) < 4.78 is 5.54. The van der Waals surface area contributed by atoms with Gasteiger partial charge in [0.05, 0.1) is 0 Å². The summed E-state index contributed by atoms with van der Waals surface area (Å²) >= 11 is 0. The molecule has 0 bridgehead atoms. The van der Waals surface area contributed by atoms with Crippen molar-refractivity contribution in [3.63, 3.8) is 0 Å². The number of carbonyl (C=O) groups is 1. The zero-order valence-corrected chi connectivity index (χ0v) is 12.1. The van der Waals surface area contributed by atoms with Gasteiger partial charge in [-0.2, -0.15) is 0 Å². The van der Waals surface area contributed by atoms with Gasteiger partial charge >= 0.3 is 0 Å². The minimum Gasteiger partial charge on any atom is -0.484 e. The van der Waals surface area contributed by atoms with Crippen molar-refractivity contribution in [2.24, 2.45) is 0 Å². The molecule has 0 saturated heterocycles. The largest absolute Gasteiger partial charge is 0.484 e. The van der Waals surface area contributed by atoms with Crippen LogP contribution in [0.3, 0.4) is 0 Å². The Hall–Kier alpha value is -2.03. The van der Waals surface area contributed by atoms with E-state index < -0.39 is 0 Å². The second-order valence-corrected chi connectivity index (χ2v) is 5.05. The second kappa shape index (κ2) is 6.94. The van der Waals surface area contributed by atoms with Crippen molar-refractivity contribution < 1.29 is 9.53 Å². The summed E-state index contributed by atoms with van der Waals surface area (Å²) in [5.74, 6) is 0.654. The predicted octanol–water partition coefficient (Wildman–Crippen LogP) is 3.52. The number of fused-ring (bicyclic) bond motifs is 1. The number of benzene rings is 2. The van der Waals surface area contributed by atoms with Crippen LogP contribution < -0.4 is 10.1 Å². The molecule has 3 heteroatoms. The van der Waals surface area contributed by atoms with Crippen LogP contribution in [0.2, 0.25) is 0 Å². The molecule has 0 unspecified atom stereocenters. The molecule has 20 heavy (non-hydrogen) atoms. The van der Waals surface area contributed by atoms with E-state index in [0.717, 1.165) is 24.0 Å². The van der Waals surface area contributed by atoms with E-state index in [1.54, 1.807) is 0 Å². The highest BCUT2D eigenvalue weighted by Crippen LogP contribution is 2.20. The average molecular weight is 271 g/mol. The van der Waals surface area contributed by atoms with Crippen molar-refractivity contribution in [2.75, 3.05) is 6.61 Å². The first kappa shape index (κ1) is 14.4. The molecule has 3 nitrogen and oxygen atoms in total. The third-order valence-corrected chi connectivity index (χ3v) is 3.22. The first-order valence-corrected chi connectivity index (χ1v) is 7.10. The Kier molecular flexibility index (Phi) is 4.99. The topological polar surface area (TPSA) is 38.3 Å². The maximum absolute atomic E-state index is 11.7. The van der Waals surface area contributed by atoms with Gasteiger partial charge in [0.2, 0.25) is 0 Å². The fraction of sp³-hybridized carbons (Fsp3) is 0.353. The molecular weight excluding hydrogens is 250 g/mol. The molecule has 2 rings (SSSR count). The van der Waals surface area contributed by atoms with Crippen molar-refractivity contribution in [3.05, 3.63) is 42.5 Å². The fourth-order valence-corrected chi connectivity index (χ4v) is 2.23. The van der Waals surface area contributed by atoms with E-state index in [-0.39, 0.29) is 18.6 Å². The van der Waals surface area contributed by atoms with Crippen molar-refractivity contribution in [3.8, 4) is 5.75 Å². The summed E-state index contributed by atoms with van der Waals surface area (Å²) in [6, 6.07) is 14.1. The number of hydrogen-bond donors (Lipinski definition) is 1. The van der Waals surface area contributed by atoms with E-state index in [4.69, 9.17) is 4.74 Å². The van der Waals surface area contributed by atoms with Crippen LogP contribution in [-0.4, -0.2) is 18.6 Å². The van der Waals surface area contributed by atoms with Crippen molar-refractivity contribution in [2.45, 2.75) is 32.7 Å². The van der Waals surface area contributed by atoms with Crippen molar-refractivity contribution in [1.82, 2.24) is 5.32 Å². The van der Waals surface area contributed by atoms with Crippen molar-refractivity contribution >= 4 is 16.7 Å². The zero-order chi connectivity index (χ0) is 14.4. The molecule has 0 aliphatic carbocycles. The summed E-state index contributed by atoms with van der Waals surface area (Å²) in [5.41, 5.74) is 0. The van der Waals surface area contributed by atoms with Crippen LogP contribution in [0.1, 0.15) is 26.7 Å². The van der Waals surface area contributed by atoms with Crippen LogP contribution in [0.5, 0.6) is 5.75 Å². The molecule has 106 valence electrons. The Labute approximate surface area is 119 Å². The summed E-state index contributed by atoms with van der Waals surface area (Å²) in [5, 5.41) is 5.21. The van der Waals surface area contributed by atoms with E-state index in [2.05, 4.69) is 18.3 Å². The van der Waals surface area contributed by atoms with E-state index in [9.17, 15) is 4.79 Å². The van der Waals surface area contributed by atoms with Crippen LogP contribution in [0.25, 0.3) is 10.8 Å². The Balaban J connectivity index is 1.90.